The van der Waals surface area contributed by atoms with Gasteiger partial charge in [0.25, 0.3) is 11.8 Å². The Morgan fingerprint density at radius 2 is 1.68 bits per heavy atom. The topological polar surface area (TPSA) is 70.1 Å². The summed E-state index contributed by atoms with van der Waals surface area (Å²) < 4.78 is 33.3. The van der Waals surface area contributed by atoms with Gasteiger partial charge in [0.05, 0.1) is 12.1 Å². The average Bonchev–Trinajstić information content (AvgIpc) is 2.85. The number of halogens is 2. The van der Waals surface area contributed by atoms with Gasteiger partial charge in [0, 0.05) is 37.9 Å². The molecule has 1 N–H and O–H groups in total. The van der Waals surface area contributed by atoms with Gasteiger partial charge >= 0.3 is 0 Å². The molecule has 0 radical (unpaired) electrons. The Labute approximate surface area is 198 Å². The molecule has 1 fully saturated rings. The molecule has 8 heteroatoms. The van der Waals surface area contributed by atoms with Gasteiger partial charge in [-0.05, 0) is 55.4 Å². The maximum atomic E-state index is 13.7. The first-order chi connectivity index (χ1) is 16.4. The molecule has 2 aromatic rings. The van der Waals surface area contributed by atoms with Crippen molar-refractivity contribution < 1.29 is 28.2 Å². The zero-order chi connectivity index (χ0) is 24.1. The standard InChI is InChI=1S/C26H30F2N2O4/c27-20-15-19(16-21(28)17-20)24(32)29-10-4-3-7-26(18-31)8-11-30(12-9-26)25(33)22-5-1-2-6-23(22)34-14-13-29/h1-2,5-6,15-17,31H,3-4,7-14,18H2. The number of carbonyl (C=O) groups excluding carboxylic acids is 2. The number of benzene rings is 2. The van der Waals surface area contributed by atoms with E-state index < -0.39 is 17.5 Å². The van der Waals surface area contributed by atoms with Crippen LogP contribution in [0.5, 0.6) is 5.75 Å². The first-order valence-electron chi connectivity index (χ1n) is 11.8. The molecular weight excluding hydrogens is 442 g/mol. The molecule has 2 bridgehead atoms. The molecule has 0 unspecified atom stereocenters. The molecule has 3 aliphatic rings. The number of piperidine rings is 1. The number of nitrogens with zero attached hydrogens (tertiary/aromatic N) is 2. The fraction of sp³-hybridized carbons (Fsp3) is 0.462. The van der Waals surface area contributed by atoms with Crippen molar-refractivity contribution in [3.8, 4) is 5.75 Å². The predicted octanol–water partition coefficient (Wildman–Crippen LogP) is 3.88. The van der Waals surface area contributed by atoms with Crippen molar-refractivity contribution in [1.29, 1.82) is 0 Å². The monoisotopic (exact) mass is 472 g/mol. The van der Waals surface area contributed by atoms with Gasteiger partial charge in [-0.3, -0.25) is 9.59 Å². The number of aliphatic hydroxyl groups is 1. The summed E-state index contributed by atoms with van der Waals surface area (Å²) in [6.45, 7) is 1.93. The van der Waals surface area contributed by atoms with Crippen molar-refractivity contribution in [3.05, 3.63) is 65.2 Å². The molecule has 2 amide bonds. The number of ether oxygens (including phenoxy) is 1. The number of hydrogen-bond donors (Lipinski definition) is 1. The summed E-state index contributed by atoms with van der Waals surface area (Å²) in [6.07, 6.45) is 3.68. The highest BCUT2D eigenvalue weighted by Crippen LogP contribution is 2.37. The van der Waals surface area contributed by atoms with E-state index >= 15 is 0 Å². The molecule has 3 aliphatic heterocycles. The Hall–Kier alpha value is -3.00. The van der Waals surface area contributed by atoms with Crippen LogP contribution in [-0.4, -0.2) is 66.1 Å². The van der Waals surface area contributed by atoms with E-state index in [9.17, 15) is 23.5 Å². The lowest BCUT2D eigenvalue weighted by Crippen LogP contribution is -2.44. The van der Waals surface area contributed by atoms with Crippen molar-refractivity contribution in [2.75, 3.05) is 39.4 Å². The lowest BCUT2D eigenvalue weighted by Gasteiger charge is -2.41. The smallest absolute Gasteiger partial charge is 0.257 e. The molecule has 3 heterocycles. The second-order valence-corrected chi connectivity index (χ2v) is 9.20. The fourth-order valence-corrected chi connectivity index (χ4v) is 4.85. The molecule has 0 saturated carbocycles. The van der Waals surface area contributed by atoms with Crippen LogP contribution in [-0.2, 0) is 0 Å². The Morgan fingerprint density at radius 3 is 2.38 bits per heavy atom. The van der Waals surface area contributed by atoms with Gasteiger partial charge in [-0.15, -0.1) is 0 Å². The first-order valence-corrected chi connectivity index (χ1v) is 11.8. The molecule has 0 spiro atoms. The Morgan fingerprint density at radius 1 is 0.971 bits per heavy atom. The van der Waals surface area contributed by atoms with E-state index in [1.165, 1.54) is 4.90 Å². The number of fused-ring (bicyclic) bond motifs is 9. The number of hydrogen-bond acceptors (Lipinski definition) is 4. The van der Waals surface area contributed by atoms with Crippen LogP contribution in [0.4, 0.5) is 8.78 Å². The molecule has 6 nitrogen and oxygen atoms in total. The van der Waals surface area contributed by atoms with Crippen molar-refractivity contribution in [2.45, 2.75) is 32.1 Å². The van der Waals surface area contributed by atoms with Crippen LogP contribution >= 0.6 is 0 Å². The highest BCUT2D eigenvalue weighted by molar-refractivity contribution is 5.97. The first kappa shape index (κ1) is 24.1. The van der Waals surface area contributed by atoms with Crippen LogP contribution in [0.1, 0.15) is 52.8 Å². The van der Waals surface area contributed by atoms with Gasteiger partial charge in [0.2, 0.25) is 0 Å². The summed E-state index contributed by atoms with van der Waals surface area (Å²) in [4.78, 5) is 29.6. The molecule has 2 aromatic carbocycles. The molecule has 34 heavy (non-hydrogen) atoms. The van der Waals surface area contributed by atoms with Crippen LogP contribution in [0.15, 0.2) is 42.5 Å². The number of amides is 2. The third kappa shape index (κ3) is 5.38. The second kappa shape index (κ2) is 10.5. The number of para-hydroxylation sites is 1. The van der Waals surface area contributed by atoms with Crippen molar-refractivity contribution >= 4 is 11.8 Å². The minimum atomic E-state index is -0.805. The van der Waals surface area contributed by atoms with Gasteiger partial charge in [-0.1, -0.05) is 18.6 Å². The van der Waals surface area contributed by atoms with Gasteiger partial charge < -0.3 is 19.6 Å². The molecular formula is C26H30F2N2O4. The zero-order valence-corrected chi connectivity index (χ0v) is 19.1. The van der Waals surface area contributed by atoms with E-state index in [1.54, 1.807) is 24.3 Å². The molecule has 1 saturated heterocycles. The zero-order valence-electron chi connectivity index (χ0n) is 19.1. The van der Waals surface area contributed by atoms with Crippen molar-refractivity contribution in [2.24, 2.45) is 5.41 Å². The number of rotatable bonds is 2. The quantitative estimate of drug-likeness (QED) is 0.720. The SMILES string of the molecule is O=C(c1cc(F)cc(F)c1)N1CCCCC2(CO)CCN(CC2)C(=O)c2ccccc2OCC1. The molecule has 0 aliphatic carbocycles. The molecule has 0 atom stereocenters. The van der Waals surface area contributed by atoms with Crippen LogP contribution < -0.4 is 4.74 Å². The van der Waals surface area contributed by atoms with E-state index in [0.717, 1.165) is 31.0 Å². The third-order valence-electron chi connectivity index (χ3n) is 6.96. The highest BCUT2D eigenvalue weighted by atomic mass is 19.1. The summed E-state index contributed by atoms with van der Waals surface area (Å²) in [5, 5.41) is 10.1. The fourth-order valence-electron chi connectivity index (χ4n) is 4.85. The van der Waals surface area contributed by atoms with E-state index in [-0.39, 0.29) is 36.6 Å². The Balaban J connectivity index is 1.58. The van der Waals surface area contributed by atoms with Gasteiger partial charge in [-0.2, -0.15) is 0 Å². The van der Waals surface area contributed by atoms with Crippen LogP contribution in [0.25, 0.3) is 0 Å². The molecule has 182 valence electrons. The maximum Gasteiger partial charge on any atom is 0.257 e. The average molecular weight is 473 g/mol. The van der Waals surface area contributed by atoms with Crippen LogP contribution in [0.3, 0.4) is 0 Å². The predicted molar refractivity (Wildman–Crippen MR) is 123 cm³/mol. The van der Waals surface area contributed by atoms with E-state index in [2.05, 4.69) is 0 Å². The molecule has 0 aromatic heterocycles. The number of carbonyl (C=O) groups is 2. The second-order valence-electron chi connectivity index (χ2n) is 9.20. The normalized spacial score (nSPS) is 19.1. The Bertz CT molecular complexity index is 1020. The largest absolute Gasteiger partial charge is 0.491 e. The van der Waals surface area contributed by atoms with E-state index in [4.69, 9.17) is 4.74 Å². The van der Waals surface area contributed by atoms with Gasteiger partial charge in [0.15, 0.2) is 0 Å². The van der Waals surface area contributed by atoms with Crippen LogP contribution in [0, 0.1) is 17.0 Å². The Kier molecular flexibility index (Phi) is 7.46. The van der Waals surface area contributed by atoms with Gasteiger partial charge in [0.1, 0.15) is 24.0 Å². The van der Waals surface area contributed by atoms with Gasteiger partial charge in [-0.25, -0.2) is 8.78 Å². The highest BCUT2D eigenvalue weighted by Gasteiger charge is 2.36. The maximum absolute atomic E-state index is 13.7. The van der Waals surface area contributed by atoms with Crippen molar-refractivity contribution in [3.63, 3.8) is 0 Å². The summed E-state index contributed by atoms with van der Waals surface area (Å²) in [6, 6.07) is 9.81. The van der Waals surface area contributed by atoms with E-state index in [1.807, 2.05) is 4.90 Å². The minimum absolute atomic E-state index is 0.0516. The molecule has 5 rings (SSSR count). The lowest BCUT2D eigenvalue weighted by molar-refractivity contribution is 0.0297. The summed E-state index contributed by atoms with van der Waals surface area (Å²) in [5.41, 5.74) is 0.163. The number of aliphatic hydroxyl groups excluding tert-OH is 1. The van der Waals surface area contributed by atoms with Crippen molar-refractivity contribution in [1.82, 2.24) is 9.80 Å². The minimum Gasteiger partial charge on any atom is -0.491 e. The van der Waals surface area contributed by atoms with Crippen LogP contribution in [0.2, 0.25) is 0 Å². The summed E-state index contributed by atoms with van der Waals surface area (Å²) in [7, 11) is 0. The van der Waals surface area contributed by atoms with E-state index in [0.29, 0.717) is 50.2 Å². The lowest BCUT2D eigenvalue weighted by atomic mass is 9.75. The summed E-state index contributed by atoms with van der Waals surface area (Å²) >= 11 is 0. The third-order valence-corrected chi connectivity index (χ3v) is 6.96. The summed E-state index contributed by atoms with van der Waals surface area (Å²) in [5.74, 6) is -1.76.